The third-order valence-electron chi connectivity index (χ3n) is 4.39. The molecule has 0 radical (unpaired) electrons. The second kappa shape index (κ2) is 5.48. The molecule has 5 heteroatoms. The molecule has 2 fully saturated rings. The van der Waals surface area contributed by atoms with Gasteiger partial charge in [-0.2, -0.15) is 0 Å². The largest absolute Gasteiger partial charge is 0.322 e. The number of piperazine rings is 1. The molecule has 3 rings (SSSR count). The van der Waals surface area contributed by atoms with Gasteiger partial charge in [0.25, 0.3) is 0 Å². The molecule has 4 nitrogen and oxygen atoms in total. The van der Waals surface area contributed by atoms with Gasteiger partial charge >= 0.3 is 0 Å². The van der Waals surface area contributed by atoms with Crippen molar-refractivity contribution in [1.29, 1.82) is 0 Å². The topological polar surface area (TPSA) is 45.4 Å². The van der Waals surface area contributed by atoms with Gasteiger partial charge in [-0.15, -0.1) is 11.3 Å². The molecule has 0 bridgehead atoms. The van der Waals surface area contributed by atoms with Crippen molar-refractivity contribution in [2.24, 2.45) is 5.73 Å². The van der Waals surface area contributed by atoms with Gasteiger partial charge in [0.2, 0.25) is 0 Å². The van der Waals surface area contributed by atoms with E-state index in [-0.39, 0.29) is 6.04 Å². The number of fused-ring (bicyclic) bond motifs is 1. The van der Waals surface area contributed by atoms with Crippen LogP contribution in [0.4, 0.5) is 0 Å². The van der Waals surface area contributed by atoms with Crippen LogP contribution in [0.5, 0.6) is 0 Å². The van der Waals surface area contributed by atoms with Gasteiger partial charge in [0.15, 0.2) is 0 Å². The Morgan fingerprint density at radius 2 is 2.37 bits per heavy atom. The van der Waals surface area contributed by atoms with Crippen molar-refractivity contribution >= 4 is 11.3 Å². The van der Waals surface area contributed by atoms with Crippen LogP contribution >= 0.6 is 11.3 Å². The number of hydrogen-bond acceptors (Lipinski definition) is 5. The maximum absolute atomic E-state index is 5.89. The molecule has 2 aliphatic heterocycles. The van der Waals surface area contributed by atoms with E-state index >= 15 is 0 Å². The quantitative estimate of drug-likeness (QED) is 0.917. The van der Waals surface area contributed by atoms with E-state index in [9.17, 15) is 0 Å². The number of nitrogens with two attached hydrogens (primary N) is 1. The van der Waals surface area contributed by atoms with Crippen molar-refractivity contribution < 1.29 is 0 Å². The zero-order valence-electron chi connectivity index (χ0n) is 11.9. The second-order valence-electron chi connectivity index (χ2n) is 6.04. The fourth-order valence-corrected chi connectivity index (χ4v) is 4.05. The van der Waals surface area contributed by atoms with Crippen molar-refractivity contribution in [2.45, 2.75) is 51.4 Å². The molecule has 19 heavy (non-hydrogen) atoms. The first kappa shape index (κ1) is 13.5. The van der Waals surface area contributed by atoms with Gasteiger partial charge in [0.05, 0.1) is 11.7 Å². The molecule has 1 aromatic rings. The Kier molecular flexibility index (Phi) is 3.89. The summed E-state index contributed by atoms with van der Waals surface area (Å²) in [4.78, 5) is 9.91. The van der Waals surface area contributed by atoms with Gasteiger partial charge in [-0.3, -0.25) is 9.80 Å². The standard InChI is InChI=1S/C14H24N4S/c1-10-6-17-5-3-4-13(17)8-18(10)7-12-9-19-14(16-12)11(2)15/h9-11,13H,3-8,15H2,1-2H3. The Morgan fingerprint density at radius 3 is 3.11 bits per heavy atom. The summed E-state index contributed by atoms with van der Waals surface area (Å²) >= 11 is 1.69. The first-order valence-electron chi connectivity index (χ1n) is 7.31. The van der Waals surface area contributed by atoms with Crippen LogP contribution in [0.2, 0.25) is 0 Å². The van der Waals surface area contributed by atoms with Gasteiger partial charge in [0, 0.05) is 37.1 Å². The number of aromatic nitrogens is 1. The van der Waals surface area contributed by atoms with E-state index in [1.165, 1.54) is 38.2 Å². The van der Waals surface area contributed by atoms with Crippen LogP contribution in [0.1, 0.15) is 43.4 Å². The molecule has 2 saturated heterocycles. The fraction of sp³-hybridized carbons (Fsp3) is 0.786. The van der Waals surface area contributed by atoms with E-state index in [1.54, 1.807) is 11.3 Å². The number of hydrogen-bond donors (Lipinski definition) is 1. The summed E-state index contributed by atoms with van der Waals surface area (Å²) < 4.78 is 0. The molecule has 0 aromatic carbocycles. The Balaban J connectivity index is 1.65. The number of thiazole rings is 1. The van der Waals surface area contributed by atoms with E-state index in [2.05, 4.69) is 27.1 Å². The number of nitrogens with zero attached hydrogens (tertiary/aromatic N) is 3. The lowest BCUT2D eigenvalue weighted by Gasteiger charge is -2.42. The minimum absolute atomic E-state index is 0.0582. The molecule has 106 valence electrons. The van der Waals surface area contributed by atoms with Crippen molar-refractivity contribution in [3.05, 3.63) is 16.1 Å². The second-order valence-corrected chi connectivity index (χ2v) is 6.92. The average molecular weight is 280 g/mol. The summed E-state index contributed by atoms with van der Waals surface area (Å²) in [7, 11) is 0. The van der Waals surface area contributed by atoms with Crippen molar-refractivity contribution in [1.82, 2.24) is 14.8 Å². The molecular weight excluding hydrogens is 256 g/mol. The van der Waals surface area contributed by atoms with Gasteiger partial charge < -0.3 is 5.73 Å². The number of rotatable bonds is 3. The molecule has 0 saturated carbocycles. The van der Waals surface area contributed by atoms with Gasteiger partial charge in [-0.1, -0.05) is 0 Å². The van der Waals surface area contributed by atoms with Crippen LogP contribution in [-0.2, 0) is 6.54 Å². The predicted molar refractivity (Wildman–Crippen MR) is 79.2 cm³/mol. The highest BCUT2D eigenvalue weighted by Crippen LogP contribution is 2.26. The summed E-state index contributed by atoms with van der Waals surface area (Å²) in [5.74, 6) is 0. The molecule has 3 atom stereocenters. The summed E-state index contributed by atoms with van der Waals surface area (Å²) in [5.41, 5.74) is 7.08. The average Bonchev–Trinajstić information content (AvgIpc) is 2.98. The molecule has 3 heterocycles. The van der Waals surface area contributed by atoms with Gasteiger partial charge in [-0.05, 0) is 33.2 Å². The molecule has 3 unspecified atom stereocenters. The summed E-state index contributed by atoms with van der Waals surface area (Å²) in [6.07, 6.45) is 2.74. The lowest BCUT2D eigenvalue weighted by Crippen LogP contribution is -2.54. The summed E-state index contributed by atoms with van der Waals surface area (Å²) in [6, 6.07) is 1.47. The normalized spacial score (nSPS) is 30.5. The zero-order valence-corrected chi connectivity index (χ0v) is 12.7. The maximum atomic E-state index is 5.89. The first-order valence-corrected chi connectivity index (χ1v) is 8.19. The van der Waals surface area contributed by atoms with Gasteiger partial charge in [-0.25, -0.2) is 4.98 Å². The van der Waals surface area contributed by atoms with E-state index in [0.717, 1.165) is 17.6 Å². The predicted octanol–water partition coefficient (Wildman–Crippen LogP) is 1.83. The van der Waals surface area contributed by atoms with Crippen molar-refractivity contribution in [3.8, 4) is 0 Å². The van der Waals surface area contributed by atoms with E-state index < -0.39 is 0 Å². The van der Waals surface area contributed by atoms with Crippen LogP contribution in [0.25, 0.3) is 0 Å². The molecule has 2 aliphatic rings. The smallest absolute Gasteiger partial charge is 0.109 e. The maximum Gasteiger partial charge on any atom is 0.109 e. The first-order chi connectivity index (χ1) is 9.13. The lowest BCUT2D eigenvalue weighted by atomic mass is 10.1. The third kappa shape index (κ3) is 2.84. The molecule has 0 aliphatic carbocycles. The van der Waals surface area contributed by atoms with E-state index in [4.69, 9.17) is 5.73 Å². The monoisotopic (exact) mass is 280 g/mol. The third-order valence-corrected chi connectivity index (χ3v) is 5.49. The molecule has 2 N–H and O–H groups in total. The highest BCUT2D eigenvalue weighted by Gasteiger charge is 2.34. The molecule has 1 aromatic heterocycles. The summed E-state index contributed by atoms with van der Waals surface area (Å²) in [6.45, 7) is 9.04. The summed E-state index contributed by atoms with van der Waals surface area (Å²) in [5, 5.41) is 3.23. The van der Waals surface area contributed by atoms with Crippen LogP contribution in [0.3, 0.4) is 0 Å². The van der Waals surface area contributed by atoms with Crippen LogP contribution < -0.4 is 5.73 Å². The molecular formula is C14H24N4S. The van der Waals surface area contributed by atoms with Crippen LogP contribution in [0.15, 0.2) is 5.38 Å². The Morgan fingerprint density at radius 1 is 1.53 bits per heavy atom. The highest BCUT2D eigenvalue weighted by molar-refractivity contribution is 7.09. The zero-order chi connectivity index (χ0) is 13.4. The Bertz CT molecular complexity index is 431. The Hall–Kier alpha value is -0.490. The van der Waals surface area contributed by atoms with Crippen molar-refractivity contribution in [3.63, 3.8) is 0 Å². The highest BCUT2D eigenvalue weighted by atomic mass is 32.1. The van der Waals surface area contributed by atoms with Gasteiger partial charge in [0.1, 0.15) is 5.01 Å². The Labute approximate surface area is 119 Å². The minimum atomic E-state index is 0.0582. The molecule has 0 amide bonds. The SMILES string of the molecule is CC(N)c1nc(CN2CC3CCCN3CC2C)cs1. The van der Waals surface area contributed by atoms with E-state index in [1.807, 2.05) is 6.92 Å². The molecule has 0 spiro atoms. The van der Waals surface area contributed by atoms with Crippen LogP contribution in [0, 0.1) is 0 Å². The van der Waals surface area contributed by atoms with Crippen LogP contribution in [-0.4, -0.2) is 46.5 Å². The van der Waals surface area contributed by atoms with Crippen molar-refractivity contribution in [2.75, 3.05) is 19.6 Å². The lowest BCUT2D eigenvalue weighted by molar-refractivity contribution is 0.0533. The van der Waals surface area contributed by atoms with E-state index in [0.29, 0.717) is 6.04 Å². The fourth-order valence-electron chi connectivity index (χ4n) is 3.28. The minimum Gasteiger partial charge on any atom is -0.322 e.